The topological polar surface area (TPSA) is 64.1 Å². The predicted molar refractivity (Wildman–Crippen MR) is 50.2 cm³/mol. The second-order valence-corrected chi connectivity index (χ2v) is 3.72. The van der Waals surface area contributed by atoms with E-state index in [-0.39, 0.29) is 6.10 Å². The van der Waals surface area contributed by atoms with Crippen LogP contribution in [0.1, 0.15) is 31.7 Å². The van der Waals surface area contributed by atoms with Gasteiger partial charge in [0.15, 0.2) is 0 Å². The lowest BCUT2D eigenvalue weighted by Gasteiger charge is -2.25. The van der Waals surface area contributed by atoms with Crippen molar-refractivity contribution in [2.24, 2.45) is 0 Å². The highest BCUT2D eigenvalue weighted by Crippen LogP contribution is 2.28. The van der Waals surface area contributed by atoms with Crippen molar-refractivity contribution in [2.45, 2.75) is 37.8 Å². The molecule has 1 aromatic rings. The van der Waals surface area contributed by atoms with E-state index >= 15 is 0 Å². The molecular weight excluding hydrogens is 166 g/mol. The Bertz CT molecular complexity index is 276. The van der Waals surface area contributed by atoms with Crippen LogP contribution in [0.3, 0.4) is 0 Å². The van der Waals surface area contributed by atoms with Crippen LogP contribution in [0.5, 0.6) is 0 Å². The smallest absolute Gasteiger partial charge is 0.0719 e. The summed E-state index contributed by atoms with van der Waals surface area (Å²) < 4.78 is 1.92. The van der Waals surface area contributed by atoms with Crippen molar-refractivity contribution >= 4 is 5.69 Å². The fraction of sp³-hybridized carbons (Fsp3) is 0.667. The molecule has 0 aliphatic heterocycles. The van der Waals surface area contributed by atoms with Gasteiger partial charge in [-0.05, 0) is 25.7 Å². The Morgan fingerprint density at radius 3 is 2.62 bits per heavy atom. The standard InChI is InChI=1S/C9H15N3O/c10-7-5-11-12(6-7)8-1-3-9(13)4-2-8/h5-6,8-9,13H,1-4,10H2. The SMILES string of the molecule is Nc1cnn(C2CCC(O)CC2)c1. The third-order valence-electron chi connectivity index (χ3n) is 2.66. The Labute approximate surface area is 77.4 Å². The van der Waals surface area contributed by atoms with Gasteiger partial charge in [-0.1, -0.05) is 0 Å². The van der Waals surface area contributed by atoms with Crippen molar-refractivity contribution in [3.05, 3.63) is 12.4 Å². The molecule has 3 N–H and O–H groups in total. The number of hydrogen-bond acceptors (Lipinski definition) is 3. The van der Waals surface area contributed by atoms with Gasteiger partial charge in [-0.2, -0.15) is 5.10 Å². The first-order valence-electron chi connectivity index (χ1n) is 4.73. The number of anilines is 1. The molecule has 1 aliphatic carbocycles. The normalized spacial score (nSPS) is 29.0. The molecule has 1 saturated carbocycles. The molecule has 0 atom stereocenters. The van der Waals surface area contributed by atoms with Gasteiger partial charge in [0, 0.05) is 6.20 Å². The summed E-state index contributed by atoms with van der Waals surface area (Å²) in [4.78, 5) is 0. The van der Waals surface area contributed by atoms with E-state index in [0.29, 0.717) is 11.7 Å². The maximum Gasteiger partial charge on any atom is 0.0719 e. The van der Waals surface area contributed by atoms with Gasteiger partial charge in [0.25, 0.3) is 0 Å². The average molecular weight is 181 g/mol. The van der Waals surface area contributed by atoms with Crippen molar-refractivity contribution < 1.29 is 5.11 Å². The zero-order valence-electron chi connectivity index (χ0n) is 7.56. The number of nitrogens with zero attached hydrogens (tertiary/aromatic N) is 2. The van der Waals surface area contributed by atoms with Crippen LogP contribution in [-0.2, 0) is 0 Å². The van der Waals surface area contributed by atoms with Crippen LogP contribution in [0.2, 0.25) is 0 Å². The average Bonchev–Trinajstić information content (AvgIpc) is 2.53. The minimum absolute atomic E-state index is 0.107. The third-order valence-corrected chi connectivity index (χ3v) is 2.66. The van der Waals surface area contributed by atoms with E-state index in [2.05, 4.69) is 5.10 Å². The van der Waals surface area contributed by atoms with Crippen molar-refractivity contribution in [1.82, 2.24) is 9.78 Å². The molecule has 0 unspecified atom stereocenters. The molecule has 1 fully saturated rings. The second kappa shape index (κ2) is 3.38. The number of rotatable bonds is 1. The molecule has 13 heavy (non-hydrogen) atoms. The monoisotopic (exact) mass is 181 g/mol. The van der Waals surface area contributed by atoms with E-state index in [1.807, 2.05) is 10.9 Å². The fourth-order valence-electron chi connectivity index (χ4n) is 1.88. The molecule has 1 aromatic heterocycles. The van der Waals surface area contributed by atoms with E-state index in [0.717, 1.165) is 25.7 Å². The molecule has 72 valence electrons. The Kier molecular flexibility index (Phi) is 2.22. The lowest BCUT2D eigenvalue weighted by atomic mass is 9.93. The minimum atomic E-state index is -0.107. The van der Waals surface area contributed by atoms with E-state index in [4.69, 9.17) is 5.73 Å². The van der Waals surface area contributed by atoms with E-state index in [9.17, 15) is 5.11 Å². The van der Waals surface area contributed by atoms with Crippen molar-refractivity contribution in [3.63, 3.8) is 0 Å². The van der Waals surface area contributed by atoms with Crippen LogP contribution in [0.25, 0.3) is 0 Å². The summed E-state index contributed by atoms with van der Waals surface area (Å²) in [7, 11) is 0. The van der Waals surface area contributed by atoms with Crippen LogP contribution in [0.15, 0.2) is 12.4 Å². The van der Waals surface area contributed by atoms with Gasteiger partial charge in [0.05, 0.1) is 24.0 Å². The molecule has 1 heterocycles. The number of aromatic nitrogens is 2. The van der Waals surface area contributed by atoms with Gasteiger partial charge in [0.2, 0.25) is 0 Å². The zero-order valence-corrected chi connectivity index (χ0v) is 7.56. The molecule has 0 saturated heterocycles. The zero-order chi connectivity index (χ0) is 9.26. The summed E-state index contributed by atoms with van der Waals surface area (Å²) in [6.07, 6.45) is 7.19. The van der Waals surface area contributed by atoms with Crippen molar-refractivity contribution in [3.8, 4) is 0 Å². The Hall–Kier alpha value is -1.03. The number of aliphatic hydroxyl groups excluding tert-OH is 1. The molecule has 2 rings (SSSR count). The van der Waals surface area contributed by atoms with Crippen LogP contribution in [0, 0.1) is 0 Å². The third kappa shape index (κ3) is 1.83. The Morgan fingerprint density at radius 1 is 1.38 bits per heavy atom. The quantitative estimate of drug-likeness (QED) is 0.677. The van der Waals surface area contributed by atoms with Gasteiger partial charge < -0.3 is 10.8 Å². The van der Waals surface area contributed by atoms with Crippen LogP contribution < -0.4 is 5.73 Å². The molecule has 0 spiro atoms. The van der Waals surface area contributed by atoms with Gasteiger partial charge >= 0.3 is 0 Å². The van der Waals surface area contributed by atoms with Gasteiger partial charge in [-0.25, -0.2) is 0 Å². The molecule has 0 aromatic carbocycles. The van der Waals surface area contributed by atoms with Crippen LogP contribution in [-0.4, -0.2) is 21.0 Å². The first kappa shape index (κ1) is 8.56. The Balaban J connectivity index is 2.02. The highest BCUT2D eigenvalue weighted by molar-refractivity contribution is 5.30. The number of nitrogen functional groups attached to an aromatic ring is 1. The largest absolute Gasteiger partial charge is 0.396 e. The maximum absolute atomic E-state index is 9.32. The summed E-state index contributed by atoms with van der Waals surface area (Å²) in [6, 6.07) is 0.431. The van der Waals surface area contributed by atoms with E-state index < -0.39 is 0 Å². The number of nitrogens with two attached hydrogens (primary N) is 1. The van der Waals surface area contributed by atoms with Crippen molar-refractivity contribution in [1.29, 1.82) is 0 Å². The van der Waals surface area contributed by atoms with Crippen LogP contribution >= 0.6 is 0 Å². The lowest BCUT2D eigenvalue weighted by Crippen LogP contribution is -2.21. The summed E-state index contributed by atoms with van der Waals surface area (Å²) in [5.41, 5.74) is 6.29. The Morgan fingerprint density at radius 2 is 2.08 bits per heavy atom. The van der Waals surface area contributed by atoms with Gasteiger partial charge in [-0.15, -0.1) is 0 Å². The fourth-order valence-corrected chi connectivity index (χ4v) is 1.88. The van der Waals surface area contributed by atoms with Gasteiger partial charge in [0.1, 0.15) is 0 Å². The second-order valence-electron chi connectivity index (χ2n) is 3.72. The maximum atomic E-state index is 9.32. The first-order chi connectivity index (χ1) is 6.25. The lowest BCUT2D eigenvalue weighted by molar-refractivity contribution is 0.108. The summed E-state index contributed by atoms with van der Waals surface area (Å²) in [5.74, 6) is 0. The molecule has 0 radical (unpaired) electrons. The number of aliphatic hydroxyl groups is 1. The van der Waals surface area contributed by atoms with E-state index in [1.54, 1.807) is 6.20 Å². The molecule has 4 heteroatoms. The number of hydrogen-bond donors (Lipinski definition) is 2. The molecule has 0 bridgehead atoms. The highest BCUT2D eigenvalue weighted by atomic mass is 16.3. The molecule has 4 nitrogen and oxygen atoms in total. The van der Waals surface area contributed by atoms with Gasteiger partial charge in [-0.3, -0.25) is 4.68 Å². The summed E-state index contributed by atoms with van der Waals surface area (Å²) in [5, 5.41) is 13.5. The summed E-state index contributed by atoms with van der Waals surface area (Å²) >= 11 is 0. The van der Waals surface area contributed by atoms with Crippen LogP contribution in [0.4, 0.5) is 5.69 Å². The highest BCUT2D eigenvalue weighted by Gasteiger charge is 2.20. The molecular formula is C9H15N3O. The molecule has 1 aliphatic rings. The molecule has 0 amide bonds. The predicted octanol–water partition coefficient (Wildman–Crippen LogP) is 0.941. The van der Waals surface area contributed by atoms with Crippen molar-refractivity contribution in [2.75, 3.05) is 5.73 Å². The first-order valence-corrected chi connectivity index (χ1v) is 4.73. The minimum Gasteiger partial charge on any atom is -0.396 e. The van der Waals surface area contributed by atoms with E-state index in [1.165, 1.54) is 0 Å². The summed E-state index contributed by atoms with van der Waals surface area (Å²) in [6.45, 7) is 0.